The maximum absolute atomic E-state index is 13.6. The lowest BCUT2D eigenvalue weighted by Gasteiger charge is -2.42. The number of benzene rings is 1. The summed E-state index contributed by atoms with van der Waals surface area (Å²) in [5.41, 5.74) is 0.896. The number of rotatable bonds is 1. The molecule has 100 valence electrons. The van der Waals surface area contributed by atoms with Crippen molar-refractivity contribution in [3.8, 4) is 6.07 Å². The van der Waals surface area contributed by atoms with Gasteiger partial charge in [0.25, 0.3) is 0 Å². The summed E-state index contributed by atoms with van der Waals surface area (Å²) in [6.45, 7) is 4.40. The highest BCUT2D eigenvalue weighted by Gasteiger charge is 2.31. The molecule has 0 aromatic heterocycles. The third-order valence-electron chi connectivity index (χ3n) is 3.85. The Hall–Kier alpha value is -1.48. The van der Waals surface area contributed by atoms with Gasteiger partial charge in [-0.05, 0) is 17.7 Å². The number of nitriles is 1. The van der Waals surface area contributed by atoms with Crippen molar-refractivity contribution in [2.45, 2.75) is 12.1 Å². The van der Waals surface area contributed by atoms with Crippen molar-refractivity contribution in [1.29, 1.82) is 5.26 Å². The first-order chi connectivity index (χ1) is 9.28. The van der Waals surface area contributed by atoms with Gasteiger partial charge in [-0.2, -0.15) is 5.26 Å². The molecule has 1 aromatic carbocycles. The van der Waals surface area contributed by atoms with Crippen LogP contribution in [-0.4, -0.2) is 43.7 Å². The van der Waals surface area contributed by atoms with Crippen LogP contribution in [0.3, 0.4) is 0 Å². The molecule has 0 saturated carbocycles. The second-order valence-electron chi connectivity index (χ2n) is 5.03. The van der Waals surface area contributed by atoms with Crippen LogP contribution in [0.2, 0.25) is 0 Å². The molecule has 1 N–H and O–H groups in total. The van der Waals surface area contributed by atoms with Gasteiger partial charge in [-0.15, -0.1) is 0 Å². The molecule has 0 unspecified atom stereocenters. The predicted molar refractivity (Wildman–Crippen MR) is 68.0 cm³/mol. The summed E-state index contributed by atoms with van der Waals surface area (Å²) in [5.74, 6) is -0.467. The number of hydrogen-bond acceptors (Lipinski definition) is 4. The van der Waals surface area contributed by atoms with Crippen LogP contribution >= 0.6 is 0 Å². The highest BCUT2D eigenvalue weighted by Crippen LogP contribution is 2.26. The van der Waals surface area contributed by atoms with E-state index in [1.54, 1.807) is 6.07 Å². The molecule has 1 aromatic rings. The molecule has 4 nitrogen and oxygen atoms in total. The van der Waals surface area contributed by atoms with E-state index in [1.165, 1.54) is 12.1 Å². The van der Waals surface area contributed by atoms with Crippen LogP contribution in [0.4, 0.5) is 4.39 Å². The van der Waals surface area contributed by atoms with Crippen molar-refractivity contribution < 1.29 is 9.13 Å². The number of hydrogen-bond donors (Lipinski definition) is 1. The summed E-state index contributed by atoms with van der Waals surface area (Å²) >= 11 is 0. The molecule has 2 aliphatic heterocycles. The summed E-state index contributed by atoms with van der Waals surface area (Å²) < 4.78 is 19.5. The van der Waals surface area contributed by atoms with Gasteiger partial charge in [0.15, 0.2) is 0 Å². The van der Waals surface area contributed by atoms with E-state index in [4.69, 9.17) is 10.00 Å². The van der Waals surface area contributed by atoms with Crippen molar-refractivity contribution in [3.05, 3.63) is 35.1 Å². The molecule has 2 fully saturated rings. The minimum Gasteiger partial charge on any atom is -0.371 e. The Balaban J connectivity index is 1.76. The lowest BCUT2D eigenvalue weighted by Crippen LogP contribution is -2.57. The molecule has 0 radical (unpaired) electrons. The van der Waals surface area contributed by atoms with Crippen LogP contribution in [0.25, 0.3) is 0 Å². The Morgan fingerprint density at radius 2 is 2.37 bits per heavy atom. The number of ether oxygens (including phenoxy) is 1. The largest absolute Gasteiger partial charge is 0.371 e. The Kier molecular flexibility index (Phi) is 3.47. The first-order valence-electron chi connectivity index (χ1n) is 6.54. The van der Waals surface area contributed by atoms with E-state index >= 15 is 0 Å². The quantitative estimate of drug-likeness (QED) is 0.820. The van der Waals surface area contributed by atoms with Gasteiger partial charge in [0.1, 0.15) is 11.9 Å². The highest BCUT2D eigenvalue weighted by molar-refractivity contribution is 5.34. The fraction of sp³-hybridized carbons (Fsp3) is 0.500. The highest BCUT2D eigenvalue weighted by atomic mass is 19.1. The predicted octanol–water partition coefficient (Wildman–Crippen LogP) is 1.04. The monoisotopic (exact) mass is 261 g/mol. The standard InChI is InChI=1S/C14H16FN3O/c15-13-5-10(1-2-11(13)6-16)14-8-18-4-3-17-7-12(18)9-19-14/h1-2,5,12,14,17H,3-4,7-9H2/t12-,14+/m1/s1. The fourth-order valence-corrected chi connectivity index (χ4v) is 2.72. The van der Waals surface area contributed by atoms with Gasteiger partial charge in [0.2, 0.25) is 0 Å². The number of halogens is 1. The van der Waals surface area contributed by atoms with Crippen molar-refractivity contribution >= 4 is 0 Å². The van der Waals surface area contributed by atoms with Crippen LogP contribution in [0, 0.1) is 17.1 Å². The molecule has 0 amide bonds. The van der Waals surface area contributed by atoms with Crippen LogP contribution in [-0.2, 0) is 4.74 Å². The summed E-state index contributed by atoms with van der Waals surface area (Å²) in [4.78, 5) is 2.39. The first-order valence-corrected chi connectivity index (χ1v) is 6.54. The van der Waals surface area contributed by atoms with Gasteiger partial charge < -0.3 is 10.1 Å². The number of nitrogens with zero attached hydrogens (tertiary/aromatic N) is 2. The summed E-state index contributed by atoms with van der Waals surface area (Å²) in [6.07, 6.45) is -0.100. The van der Waals surface area contributed by atoms with E-state index in [9.17, 15) is 4.39 Å². The molecule has 3 rings (SSSR count). The molecule has 0 aliphatic carbocycles. The van der Waals surface area contributed by atoms with Crippen LogP contribution in [0.5, 0.6) is 0 Å². The van der Waals surface area contributed by atoms with E-state index in [1.807, 2.05) is 6.07 Å². The Morgan fingerprint density at radius 3 is 3.16 bits per heavy atom. The third-order valence-corrected chi connectivity index (χ3v) is 3.85. The SMILES string of the molecule is N#Cc1ccc([C@@H]2CN3CCNC[C@@H]3CO2)cc1F. The summed E-state index contributed by atoms with van der Waals surface area (Å²) in [5, 5.41) is 12.1. The lowest BCUT2D eigenvalue weighted by molar-refractivity contribution is -0.0718. The Morgan fingerprint density at radius 1 is 1.47 bits per heavy atom. The van der Waals surface area contributed by atoms with Gasteiger partial charge in [-0.3, -0.25) is 4.90 Å². The molecule has 2 saturated heterocycles. The van der Waals surface area contributed by atoms with Crippen molar-refractivity contribution in [2.75, 3.05) is 32.8 Å². The van der Waals surface area contributed by atoms with Gasteiger partial charge >= 0.3 is 0 Å². The van der Waals surface area contributed by atoms with Crippen molar-refractivity contribution in [2.24, 2.45) is 0 Å². The van der Waals surface area contributed by atoms with Crippen molar-refractivity contribution in [3.63, 3.8) is 0 Å². The average molecular weight is 261 g/mol. The lowest BCUT2D eigenvalue weighted by atomic mass is 10.0. The molecule has 2 atom stereocenters. The molecule has 5 heteroatoms. The zero-order valence-corrected chi connectivity index (χ0v) is 10.6. The minimum absolute atomic E-state index is 0.0830. The van der Waals surface area contributed by atoms with E-state index in [0.717, 1.165) is 31.7 Å². The maximum Gasteiger partial charge on any atom is 0.141 e. The summed E-state index contributed by atoms with van der Waals surface area (Å²) in [6, 6.07) is 7.00. The zero-order valence-electron chi connectivity index (χ0n) is 10.6. The summed E-state index contributed by atoms with van der Waals surface area (Å²) in [7, 11) is 0. The smallest absolute Gasteiger partial charge is 0.141 e. The van der Waals surface area contributed by atoms with E-state index < -0.39 is 5.82 Å². The van der Waals surface area contributed by atoms with Crippen LogP contribution < -0.4 is 5.32 Å². The maximum atomic E-state index is 13.6. The number of nitrogens with one attached hydrogen (secondary N) is 1. The Labute approximate surface area is 111 Å². The normalized spacial score (nSPS) is 27.6. The van der Waals surface area contributed by atoms with Crippen LogP contribution in [0.1, 0.15) is 17.2 Å². The third kappa shape index (κ3) is 2.47. The average Bonchev–Trinajstić information content (AvgIpc) is 2.46. The molecule has 0 bridgehead atoms. The molecule has 2 aliphatic rings. The van der Waals surface area contributed by atoms with Gasteiger partial charge in [-0.25, -0.2) is 4.39 Å². The van der Waals surface area contributed by atoms with Crippen molar-refractivity contribution in [1.82, 2.24) is 10.2 Å². The second-order valence-corrected chi connectivity index (χ2v) is 5.03. The van der Waals surface area contributed by atoms with E-state index in [0.29, 0.717) is 12.6 Å². The molecular weight excluding hydrogens is 245 g/mol. The van der Waals surface area contributed by atoms with E-state index in [2.05, 4.69) is 10.2 Å². The minimum atomic E-state index is -0.467. The molecule has 19 heavy (non-hydrogen) atoms. The molecule has 0 spiro atoms. The number of piperazine rings is 1. The number of fused-ring (bicyclic) bond motifs is 1. The fourth-order valence-electron chi connectivity index (χ4n) is 2.72. The molecule has 2 heterocycles. The topological polar surface area (TPSA) is 48.3 Å². The zero-order chi connectivity index (χ0) is 13.2. The molecular formula is C14H16FN3O. The number of morpholine rings is 1. The van der Waals surface area contributed by atoms with Gasteiger partial charge in [0, 0.05) is 32.2 Å². The van der Waals surface area contributed by atoms with Gasteiger partial charge in [0.05, 0.1) is 18.3 Å². The van der Waals surface area contributed by atoms with Crippen LogP contribution in [0.15, 0.2) is 18.2 Å². The van der Waals surface area contributed by atoms with Gasteiger partial charge in [-0.1, -0.05) is 6.07 Å². The first kappa shape index (κ1) is 12.5. The second kappa shape index (κ2) is 5.25. The Bertz CT molecular complexity index is 514. The van der Waals surface area contributed by atoms with E-state index in [-0.39, 0.29) is 11.7 Å².